The standard InChI is InChI=1S/C13H17ClN2O2/c1-9-3-4-10(14)7-11(9)16-6-2-5-15-13(18)12(16)8-17/h3-4,7,12,17H,2,5-6,8H2,1H3,(H,15,18). The summed E-state index contributed by atoms with van der Waals surface area (Å²) in [5, 5.41) is 12.9. The van der Waals surface area contributed by atoms with Crippen molar-refractivity contribution in [2.75, 3.05) is 24.6 Å². The van der Waals surface area contributed by atoms with Gasteiger partial charge in [0.1, 0.15) is 6.04 Å². The van der Waals surface area contributed by atoms with Crippen molar-refractivity contribution >= 4 is 23.2 Å². The van der Waals surface area contributed by atoms with Crippen molar-refractivity contribution in [1.82, 2.24) is 5.32 Å². The molecule has 1 heterocycles. The zero-order chi connectivity index (χ0) is 13.1. The van der Waals surface area contributed by atoms with E-state index in [1.807, 2.05) is 30.0 Å². The number of rotatable bonds is 2. The number of aryl methyl sites for hydroxylation is 1. The van der Waals surface area contributed by atoms with E-state index in [2.05, 4.69) is 5.32 Å². The van der Waals surface area contributed by atoms with Crippen molar-refractivity contribution in [3.8, 4) is 0 Å². The molecule has 2 rings (SSSR count). The summed E-state index contributed by atoms with van der Waals surface area (Å²) in [4.78, 5) is 13.8. The van der Waals surface area contributed by atoms with E-state index in [-0.39, 0.29) is 12.5 Å². The first-order valence-electron chi connectivity index (χ1n) is 6.05. The molecule has 1 fully saturated rings. The van der Waals surface area contributed by atoms with Gasteiger partial charge in [-0.2, -0.15) is 0 Å². The predicted molar refractivity (Wildman–Crippen MR) is 72.0 cm³/mol. The Morgan fingerprint density at radius 1 is 1.56 bits per heavy atom. The summed E-state index contributed by atoms with van der Waals surface area (Å²) in [6.07, 6.45) is 0.855. The zero-order valence-corrected chi connectivity index (χ0v) is 11.1. The van der Waals surface area contributed by atoms with Gasteiger partial charge in [0.2, 0.25) is 5.91 Å². The van der Waals surface area contributed by atoms with Gasteiger partial charge in [-0.05, 0) is 31.0 Å². The van der Waals surface area contributed by atoms with E-state index in [0.29, 0.717) is 11.6 Å². The molecule has 1 atom stereocenters. The monoisotopic (exact) mass is 268 g/mol. The Balaban J connectivity index is 2.38. The van der Waals surface area contributed by atoms with Crippen LogP contribution in [0.1, 0.15) is 12.0 Å². The van der Waals surface area contributed by atoms with Crippen molar-refractivity contribution in [1.29, 1.82) is 0 Å². The number of nitrogens with zero attached hydrogens (tertiary/aromatic N) is 1. The van der Waals surface area contributed by atoms with E-state index in [4.69, 9.17) is 11.6 Å². The van der Waals surface area contributed by atoms with E-state index in [0.717, 1.165) is 24.2 Å². The van der Waals surface area contributed by atoms with Crippen molar-refractivity contribution < 1.29 is 9.90 Å². The molecular formula is C13H17ClN2O2. The minimum Gasteiger partial charge on any atom is -0.394 e. The maximum atomic E-state index is 11.9. The molecule has 5 heteroatoms. The van der Waals surface area contributed by atoms with Crippen LogP contribution in [0.25, 0.3) is 0 Å². The molecule has 0 radical (unpaired) electrons. The number of hydrogen-bond acceptors (Lipinski definition) is 3. The van der Waals surface area contributed by atoms with Crippen LogP contribution in [-0.4, -0.2) is 36.8 Å². The Kier molecular flexibility index (Phi) is 4.09. The Hall–Kier alpha value is -1.26. The highest BCUT2D eigenvalue weighted by molar-refractivity contribution is 6.30. The van der Waals surface area contributed by atoms with Gasteiger partial charge in [0.15, 0.2) is 0 Å². The van der Waals surface area contributed by atoms with Crippen LogP contribution in [0.5, 0.6) is 0 Å². The van der Waals surface area contributed by atoms with Gasteiger partial charge in [-0.15, -0.1) is 0 Å². The molecule has 18 heavy (non-hydrogen) atoms. The summed E-state index contributed by atoms with van der Waals surface area (Å²) in [6.45, 7) is 3.15. The molecule has 0 saturated carbocycles. The first kappa shape index (κ1) is 13.2. The van der Waals surface area contributed by atoms with Gasteiger partial charge in [-0.1, -0.05) is 17.7 Å². The van der Waals surface area contributed by atoms with Crippen LogP contribution in [0.15, 0.2) is 18.2 Å². The Bertz CT molecular complexity index is 451. The summed E-state index contributed by atoms with van der Waals surface area (Å²) in [5.74, 6) is -0.130. The quantitative estimate of drug-likeness (QED) is 0.851. The lowest BCUT2D eigenvalue weighted by molar-refractivity contribution is -0.122. The molecule has 1 aliphatic rings. The van der Waals surface area contributed by atoms with E-state index in [9.17, 15) is 9.90 Å². The first-order valence-corrected chi connectivity index (χ1v) is 6.42. The van der Waals surface area contributed by atoms with E-state index >= 15 is 0 Å². The van der Waals surface area contributed by atoms with Crippen LogP contribution in [0, 0.1) is 6.92 Å². The fourth-order valence-electron chi connectivity index (χ4n) is 2.24. The average Bonchev–Trinajstić information content (AvgIpc) is 2.53. The third-order valence-corrected chi connectivity index (χ3v) is 3.44. The predicted octanol–water partition coefficient (Wildman–Crippen LogP) is 1.34. The average molecular weight is 269 g/mol. The van der Waals surface area contributed by atoms with Gasteiger partial charge >= 0.3 is 0 Å². The van der Waals surface area contributed by atoms with Gasteiger partial charge in [-0.25, -0.2) is 0 Å². The van der Waals surface area contributed by atoms with Crippen molar-refractivity contribution in [2.45, 2.75) is 19.4 Å². The normalized spacial score (nSPS) is 20.5. The maximum Gasteiger partial charge on any atom is 0.245 e. The second kappa shape index (κ2) is 5.59. The lowest BCUT2D eigenvalue weighted by Gasteiger charge is -2.30. The molecule has 98 valence electrons. The van der Waals surface area contributed by atoms with Crippen LogP contribution in [0.2, 0.25) is 5.02 Å². The minimum atomic E-state index is -0.537. The third kappa shape index (κ3) is 2.60. The molecule has 0 aliphatic carbocycles. The SMILES string of the molecule is Cc1ccc(Cl)cc1N1CCCNC(=O)C1CO. The second-order valence-electron chi connectivity index (χ2n) is 4.47. The summed E-state index contributed by atoms with van der Waals surface area (Å²) >= 11 is 6.01. The Morgan fingerprint density at radius 3 is 3.06 bits per heavy atom. The van der Waals surface area contributed by atoms with E-state index in [1.54, 1.807) is 0 Å². The summed E-state index contributed by atoms with van der Waals surface area (Å²) in [5.41, 5.74) is 1.96. The molecule has 4 nitrogen and oxygen atoms in total. The molecule has 1 unspecified atom stereocenters. The van der Waals surface area contributed by atoms with Gasteiger partial charge in [0.05, 0.1) is 6.61 Å². The third-order valence-electron chi connectivity index (χ3n) is 3.21. The molecule has 2 N–H and O–H groups in total. The number of hydrogen-bond donors (Lipinski definition) is 2. The Morgan fingerprint density at radius 2 is 2.33 bits per heavy atom. The first-order chi connectivity index (χ1) is 8.63. The molecule has 1 aromatic carbocycles. The van der Waals surface area contributed by atoms with Crippen LogP contribution in [0.3, 0.4) is 0 Å². The van der Waals surface area contributed by atoms with Crippen LogP contribution in [0.4, 0.5) is 5.69 Å². The fraction of sp³-hybridized carbons (Fsp3) is 0.462. The fourth-order valence-corrected chi connectivity index (χ4v) is 2.40. The highest BCUT2D eigenvalue weighted by Crippen LogP contribution is 2.26. The Labute approximate surface area is 112 Å². The summed E-state index contributed by atoms with van der Waals surface area (Å²) in [6, 6.07) is 5.06. The van der Waals surface area contributed by atoms with Crippen molar-refractivity contribution in [2.24, 2.45) is 0 Å². The van der Waals surface area contributed by atoms with Gasteiger partial charge < -0.3 is 15.3 Å². The highest BCUT2D eigenvalue weighted by atomic mass is 35.5. The smallest absolute Gasteiger partial charge is 0.245 e. The van der Waals surface area contributed by atoms with E-state index < -0.39 is 6.04 Å². The molecule has 0 bridgehead atoms. The number of carbonyl (C=O) groups excluding carboxylic acids is 1. The topological polar surface area (TPSA) is 52.6 Å². The number of anilines is 1. The number of aliphatic hydroxyl groups excluding tert-OH is 1. The van der Waals surface area contributed by atoms with Gasteiger partial charge in [0.25, 0.3) is 0 Å². The molecule has 0 spiro atoms. The van der Waals surface area contributed by atoms with Crippen molar-refractivity contribution in [3.05, 3.63) is 28.8 Å². The largest absolute Gasteiger partial charge is 0.394 e. The maximum absolute atomic E-state index is 11.9. The van der Waals surface area contributed by atoms with Crippen LogP contribution < -0.4 is 10.2 Å². The molecule has 1 aliphatic heterocycles. The van der Waals surface area contributed by atoms with Crippen LogP contribution in [-0.2, 0) is 4.79 Å². The van der Waals surface area contributed by atoms with Crippen LogP contribution >= 0.6 is 11.6 Å². The second-order valence-corrected chi connectivity index (χ2v) is 4.90. The minimum absolute atomic E-state index is 0.130. The number of amides is 1. The molecular weight excluding hydrogens is 252 g/mol. The zero-order valence-electron chi connectivity index (χ0n) is 10.3. The molecule has 1 amide bonds. The highest BCUT2D eigenvalue weighted by Gasteiger charge is 2.28. The van der Waals surface area contributed by atoms with Gasteiger partial charge in [0, 0.05) is 23.8 Å². The number of benzene rings is 1. The molecule has 0 aromatic heterocycles. The summed E-state index contributed by atoms with van der Waals surface area (Å²) < 4.78 is 0. The number of halogens is 1. The summed E-state index contributed by atoms with van der Waals surface area (Å²) in [7, 11) is 0. The number of aliphatic hydroxyl groups is 1. The number of nitrogens with one attached hydrogen (secondary N) is 1. The van der Waals surface area contributed by atoms with Crippen molar-refractivity contribution in [3.63, 3.8) is 0 Å². The molecule has 1 aromatic rings. The molecule has 1 saturated heterocycles. The number of carbonyl (C=O) groups is 1. The lowest BCUT2D eigenvalue weighted by atomic mass is 10.1. The van der Waals surface area contributed by atoms with E-state index in [1.165, 1.54) is 0 Å². The van der Waals surface area contributed by atoms with Gasteiger partial charge in [-0.3, -0.25) is 4.79 Å². The lowest BCUT2D eigenvalue weighted by Crippen LogP contribution is -2.47.